The summed E-state index contributed by atoms with van der Waals surface area (Å²) < 4.78 is 25.0. The zero-order valence-corrected chi connectivity index (χ0v) is 12.2. The maximum Gasteiger partial charge on any atom is 0.242 e. The molecule has 4 N–H and O–H groups in total. The zero-order chi connectivity index (χ0) is 14.6. The number of nitrogens with zero attached hydrogens (tertiary/aromatic N) is 1. The van der Waals surface area contributed by atoms with Crippen LogP contribution >= 0.6 is 0 Å². The maximum absolute atomic E-state index is 11.9. The highest BCUT2D eigenvalue weighted by atomic mass is 32.2. The summed E-state index contributed by atoms with van der Waals surface area (Å²) in [5.74, 6) is 0. The third-order valence-corrected chi connectivity index (χ3v) is 4.58. The predicted molar refractivity (Wildman–Crippen MR) is 76.5 cm³/mol. The number of benzene rings is 1. The van der Waals surface area contributed by atoms with Gasteiger partial charge in [0.1, 0.15) is 0 Å². The first kappa shape index (κ1) is 15.7. The molecular formula is C12H21N3O3S. The van der Waals surface area contributed by atoms with Gasteiger partial charge in [0.25, 0.3) is 0 Å². The highest BCUT2D eigenvalue weighted by molar-refractivity contribution is 7.89. The summed E-state index contributed by atoms with van der Waals surface area (Å²) in [6, 6.07) is 4.64. The highest BCUT2D eigenvalue weighted by Crippen LogP contribution is 2.24. The average Bonchev–Trinajstić information content (AvgIpc) is 2.31. The predicted octanol–water partition coefficient (Wildman–Crippen LogP) is 0.702. The highest BCUT2D eigenvalue weighted by Gasteiger charge is 2.18. The summed E-state index contributed by atoms with van der Waals surface area (Å²) >= 11 is 0. The first-order valence-corrected chi connectivity index (χ1v) is 7.42. The average molecular weight is 287 g/mol. The summed E-state index contributed by atoms with van der Waals surface area (Å²) in [4.78, 5) is 0.162. The second-order valence-electron chi connectivity index (χ2n) is 4.59. The van der Waals surface area contributed by atoms with E-state index in [9.17, 15) is 8.42 Å². The molecule has 6 nitrogen and oxygen atoms in total. The Morgan fingerprint density at radius 1 is 1.42 bits per heavy atom. The topological polar surface area (TPSA) is 95.7 Å². The number of nitrogens with one attached hydrogen (secondary N) is 1. The van der Waals surface area contributed by atoms with Crippen molar-refractivity contribution in [3.63, 3.8) is 0 Å². The Kier molecular flexibility index (Phi) is 5.16. The van der Waals surface area contributed by atoms with E-state index in [4.69, 9.17) is 10.8 Å². The van der Waals surface area contributed by atoms with Crippen molar-refractivity contribution in [2.45, 2.75) is 24.3 Å². The van der Waals surface area contributed by atoms with Crippen LogP contribution in [0.1, 0.15) is 13.3 Å². The Balaban J connectivity index is 2.99. The Labute approximate surface area is 114 Å². The van der Waals surface area contributed by atoms with Crippen molar-refractivity contribution in [3.05, 3.63) is 18.2 Å². The van der Waals surface area contributed by atoms with Gasteiger partial charge in [0.2, 0.25) is 10.0 Å². The van der Waals surface area contributed by atoms with E-state index in [0.29, 0.717) is 17.8 Å². The number of sulfonamides is 1. The van der Waals surface area contributed by atoms with Gasteiger partial charge in [0.05, 0.1) is 16.3 Å². The fourth-order valence-corrected chi connectivity index (χ4v) is 2.51. The van der Waals surface area contributed by atoms with Crippen LogP contribution in [0.4, 0.5) is 11.4 Å². The molecule has 0 fully saturated rings. The van der Waals surface area contributed by atoms with Gasteiger partial charge in [-0.05, 0) is 31.5 Å². The van der Waals surface area contributed by atoms with Crippen LogP contribution in [0.3, 0.4) is 0 Å². The number of aliphatic hydroxyl groups excluding tert-OH is 1. The first-order valence-electron chi connectivity index (χ1n) is 5.98. The van der Waals surface area contributed by atoms with Crippen LogP contribution in [-0.2, 0) is 10.0 Å². The Morgan fingerprint density at radius 3 is 2.53 bits per heavy atom. The molecule has 1 aromatic carbocycles. The number of hydrogen-bond acceptors (Lipinski definition) is 5. The molecule has 19 heavy (non-hydrogen) atoms. The standard InChI is InChI=1S/C12H21N3O3S/c1-9(6-7-16)14-12-5-4-10(8-11(12)13)19(17,18)15(2)3/h4-5,8-9,14,16H,6-7,13H2,1-3H3. The molecule has 1 rings (SSSR count). The SMILES string of the molecule is CC(CCO)Nc1ccc(S(=O)(=O)N(C)C)cc1N. The Bertz CT molecular complexity index is 529. The van der Waals surface area contributed by atoms with Crippen molar-refractivity contribution in [2.24, 2.45) is 0 Å². The van der Waals surface area contributed by atoms with E-state index in [1.54, 1.807) is 6.07 Å². The maximum atomic E-state index is 11.9. The molecule has 1 aromatic rings. The third-order valence-electron chi connectivity index (χ3n) is 2.77. The first-order chi connectivity index (χ1) is 8.78. The summed E-state index contributed by atoms with van der Waals surface area (Å²) in [5, 5.41) is 12.0. The Hall–Kier alpha value is -1.31. The molecule has 0 spiro atoms. The van der Waals surface area contributed by atoms with Gasteiger partial charge in [-0.15, -0.1) is 0 Å². The van der Waals surface area contributed by atoms with Gasteiger partial charge in [0.15, 0.2) is 0 Å². The van der Waals surface area contributed by atoms with Gasteiger partial charge < -0.3 is 16.2 Å². The van der Waals surface area contributed by atoms with Crippen LogP contribution in [-0.4, -0.2) is 44.6 Å². The molecule has 0 saturated carbocycles. The lowest BCUT2D eigenvalue weighted by molar-refractivity contribution is 0.282. The van der Waals surface area contributed by atoms with Crippen LogP contribution in [0.5, 0.6) is 0 Å². The summed E-state index contributed by atoms with van der Waals surface area (Å²) in [5.41, 5.74) is 6.89. The molecule has 0 aliphatic carbocycles. The molecule has 108 valence electrons. The quantitative estimate of drug-likeness (QED) is 0.669. The third kappa shape index (κ3) is 3.82. The van der Waals surface area contributed by atoms with E-state index >= 15 is 0 Å². The number of hydrogen-bond donors (Lipinski definition) is 3. The molecule has 7 heteroatoms. The van der Waals surface area contributed by atoms with Crippen molar-refractivity contribution in [3.8, 4) is 0 Å². The van der Waals surface area contributed by atoms with Crippen LogP contribution < -0.4 is 11.1 Å². The summed E-state index contributed by atoms with van der Waals surface area (Å²) in [6.45, 7) is 2.00. The van der Waals surface area contributed by atoms with Crippen molar-refractivity contribution >= 4 is 21.4 Å². The molecule has 0 aromatic heterocycles. The van der Waals surface area contributed by atoms with Crippen LogP contribution in [0, 0.1) is 0 Å². The minimum absolute atomic E-state index is 0.0589. The van der Waals surface area contributed by atoms with E-state index in [0.717, 1.165) is 4.31 Å². The smallest absolute Gasteiger partial charge is 0.242 e. The molecule has 1 atom stereocenters. The van der Waals surface area contributed by atoms with E-state index in [1.165, 1.54) is 26.2 Å². The van der Waals surface area contributed by atoms with Gasteiger partial charge in [-0.1, -0.05) is 0 Å². The molecule has 0 saturated heterocycles. The number of aliphatic hydroxyl groups is 1. The largest absolute Gasteiger partial charge is 0.397 e. The van der Waals surface area contributed by atoms with Crippen molar-refractivity contribution < 1.29 is 13.5 Å². The van der Waals surface area contributed by atoms with Crippen molar-refractivity contribution in [2.75, 3.05) is 31.8 Å². The lowest BCUT2D eigenvalue weighted by atomic mass is 10.2. The molecule has 1 unspecified atom stereocenters. The molecule has 0 radical (unpaired) electrons. The number of nitrogens with two attached hydrogens (primary N) is 1. The minimum Gasteiger partial charge on any atom is -0.397 e. The summed E-state index contributed by atoms with van der Waals surface area (Å²) in [6.07, 6.45) is 0.594. The molecule has 0 bridgehead atoms. The van der Waals surface area contributed by atoms with E-state index in [1.807, 2.05) is 6.92 Å². The second-order valence-corrected chi connectivity index (χ2v) is 6.75. The molecule has 0 aliphatic heterocycles. The molecule has 0 heterocycles. The zero-order valence-electron chi connectivity index (χ0n) is 11.4. The van der Waals surface area contributed by atoms with Gasteiger partial charge in [-0.2, -0.15) is 0 Å². The van der Waals surface area contributed by atoms with E-state index < -0.39 is 10.0 Å². The fraction of sp³-hybridized carbons (Fsp3) is 0.500. The van der Waals surface area contributed by atoms with E-state index in [-0.39, 0.29) is 17.5 Å². The number of anilines is 2. The van der Waals surface area contributed by atoms with Crippen LogP contribution in [0.25, 0.3) is 0 Å². The van der Waals surface area contributed by atoms with Gasteiger partial charge >= 0.3 is 0 Å². The molecule has 0 aliphatic rings. The lowest BCUT2D eigenvalue weighted by Crippen LogP contribution is -2.22. The van der Waals surface area contributed by atoms with Crippen LogP contribution in [0.15, 0.2) is 23.1 Å². The second kappa shape index (κ2) is 6.23. The lowest BCUT2D eigenvalue weighted by Gasteiger charge is -2.17. The Morgan fingerprint density at radius 2 is 2.05 bits per heavy atom. The number of rotatable bonds is 6. The van der Waals surface area contributed by atoms with Crippen molar-refractivity contribution in [1.82, 2.24) is 4.31 Å². The monoisotopic (exact) mass is 287 g/mol. The van der Waals surface area contributed by atoms with Gasteiger partial charge in [-0.3, -0.25) is 0 Å². The van der Waals surface area contributed by atoms with E-state index in [2.05, 4.69) is 5.32 Å². The normalized spacial score (nSPS) is 13.5. The van der Waals surface area contributed by atoms with Crippen molar-refractivity contribution in [1.29, 1.82) is 0 Å². The van der Waals surface area contributed by atoms with Crippen LogP contribution in [0.2, 0.25) is 0 Å². The van der Waals surface area contributed by atoms with Gasteiger partial charge in [0, 0.05) is 26.7 Å². The number of nitrogen functional groups attached to an aromatic ring is 1. The minimum atomic E-state index is -3.47. The van der Waals surface area contributed by atoms with Gasteiger partial charge in [-0.25, -0.2) is 12.7 Å². The molecular weight excluding hydrogens is 266 g/mol. The summed E-state index contributed by atoms with van der Waals surface area (Å²) in [7, 11) is -0.523. The fourth-order valence-electron chi connectivity index (χ4n) is 1.57. The molecule has 0 amide bonds.